The maximum atomic E-state index is 15.0. The van der Waals surface area contributed by atoms with E-state index in [1.807, 2.05) is 0 Å². The van der Waals surface area contributed by atoms with E-state index >= 15 is 4.39 Å². The molecule has 7 rings (SSSR count). The van der Waals surface area contributed by atoms with Crippen molar-refractivity contribution in [3.8, 4) is 5.75 Å². The van der Waals surface area contributed by atoms with E-state index in [2.05, 4.69) is 5.32 Å². The maximum absolute atomic E-state index is 15.0. The first kappa shape index (κ1) is 20.5. The molecule has 172 valence electrons. The van der Waals surface area contributed by atoms with Crippen molar-refractivity contribution in [3.05, 3.63) is 29.1 Å². The lowest BCUT2D eigenvalue weighted by Gasteiger charge is -2.33. The molecule has 1 aromatic carbocycles. The van der Waals surface area contributed by atoms with Gasteiger partial charge in [0.25, 0.3) is 5.91 Å². The smallest absolute Gasteiger partial charge is 0.326 e. The van der Waals surface area contributed by atoms with Crippen LogP contribution in [0.2, 0.25) is 0 Å². The Hall–Kier alpha value is -2.11. The standard InChI is InChI=1S/C26H32FNO4/c27-21-10-23(32-13-26-11-15-5-16(12-26)7-18(26)6-15)19(17-3-4-17)9-20(21)24(29)28-22(25(30)31)8-14-1-2-14/h9-10,14-18,22H,1-8,11-13H2,(H,28,29)(H,30,31)/t15?,16?,18?,22-,26?/m0/s1. The summed E-state index contributed by atoms with van der Waals surface area (Å²) in [6, 6.07) is 2.01. The molecule has 3 atom stereocenters. The topological polar surface area (TPSA) is 75.6 Å². The Morgan fingerprint density at radius 1 is 1.12 bits per heavy atom. The summed E-state index contributed by atoms with van der Waals surface area (Å²) >= 11 is 0. The number of ether oxygens (including phenoxy) is 1. The van der Waals surface area contributed by atoms with Gasteiger partial charge in [0.05, 0.1) is 12.2 Å². The molecule has 6 fully saturated rings. The summed E-state index contributed by atoms with van der Waals surface area (Å²) in [6.07, 6.45) is 10.9. The SMILES string of the molecule is O=C(N[C@@H](CC1CC1)C(=O)O)c1cc(C2CC2)c(OCC23CC4CC(CC2C4)C3)cc1F. The van der Waals surface area contributed by atoms with Gasteiger partial charge in [-0.1, -0.05) is 12.8 Å². The minimum absolute atomic E-state index is 0.0692. The van der Waals surface area contributed by atoms with Crippen LogP contribution < -0.4 is 10.1 Å². The van der Waals surface area contributed by atoms with Crippen molar-refractivity contribution in [1.29, 1.82) is 0 Å². The average molecular weight is 442 g/mol. The minimum atomic E-state index is -1.06. The summed E-state index contributed by atoms with van der Waals surface area (Å²) in [5, 5.41) is 12.0. The highest BCUT2D eigenvalue weighted by molar-refractivity contribution is 5.97. The van der Waals surface area contributed by atoms with E-state index in [1.165, 1.54) is 38.2 Å². The van der Waals surface area contributed by atoms with E-state index in [4.69, 9.17) is 4.74 Å². The van der Waals surface area contributed by atoms with Crippen LogP contribution in [0.1, 0.15) is 86.0 Å². The second-order valence-electron chi connectivity index (χ2n) is 11.4. The van der Waals surface area contributed by atoms with Gasteiger partial charge in [-0.15, -0.1) is 0 Å². The monoisotopic (exact) mass is 441 g/mol. The minimum Gasteiger partial charge on any atom is -0.493 e. The average Bonchev–Trinajstić information content (AvgIpc) is 3.66. The third kappa shape index (κ3) is 3.69. The Morgan fingerprint density at radius 3 is 2.47 bits per heavy atom. The van der Waals surface area contributed by atoms with Gasteiger partial charge in [-0.25, -0.2) is 9.18 Å². The molecule has 0 saturated heterocycles. The quantitative estimate of drug-likeness (QED) is 0.572. The van der Waals surface area contributed by atoms with Gasteiger partial charge in [0.15, 0.2) is 0 Å². The van der Waals surface area contributed by atoms with Crippen LogP contribution in [0.15, 0.2) is 12.1 Å². The van der Waals surface area contributed by atoms with Crippen LogP contribution in [0.25, 0.3) is 0 Å². The summed E-state index contributed by atoms with van der Waals surface area (Å²) in [5.41, 5.74) is 1.10. The summed E-state index contributed by atoms with van der Waals surface area (Å²) in [7, 11) is 0. The lowest BCUT2D eigenvalue weighted by molar-refractivity contribution is -0.139. The maximum Gasteiger partial charge on any atom is 0.326 e. The molecule has 4 bridgehead atoms. The molecule has 6 aliphatic carbocycles. The van der Waals surface area contributed by atoms with Gasteiger partial charge in [-0.2, -0.15) is 0 Å². The molecule has 5 nitrogen and oxygen atoms in total. The van der Waals surface area contributed by atoms with E-state index in [1.54, 1.807) is 6.07 Å². The predicted molar refractivity (Wildman–Crippen MR) is 116 cm³/mol. The van der Waals surface area contributed by atoms with Gasteiger partial charge in [0.2, 0.25) is 0 Å². The molecule has 6 aliphatic rings. The summed E-state index contributed by atoms with van der Waals surface area (Å²) in [4.78, 5) is 24.3. The van der Waals surface area contributed by atoms with E-state index < -0.39 is 23.7 Å². The number of carbonyl (C=O) groups is 2. The summed E-state index contributed by atoms with van der Waals surface area (Å²) in [6.45, 7) is 0.651. The molecule has 0 aliphatic heterocycles. The predicted octanol–water partition coefficient (Wildman–Crippen LogP) is 4.89. The van der Waals surface area contributed by atoms with Crippen LogP contribution >= 0.6 is 0 Å². The van der Waals surface area contributed by atoms with Crippen molar-refractivity contribution in [2.75, 3.05) is 6.61 Å². The third-order valence-electron chi connectivity index (χ3n) is 8.90. The van der Waals surface area contributed by atoms with Crippen molar-refractivity contribution in [3.63, 3.8) is 0 Å². The fourth-order valence-electron chi connectivity index (χ4n) is 7.15. The number of amides is 1. The molecule has 0 radical (unpaired) electrons. The Labute approximate surface area is 188 Å². The van der Waals surface area contributed by atoms with E-state index in [-0.39, 0.29) is 11.0 Å². The molecule has 1 amide bonds. The number of benzene rings is 1. The van der Waals surface area contributed by atoms with Gasteiger partial charge in [0, 0.05) is 11.5 Å². The highest BCUT2D eigenvalue weighted by Gasteiger charge is 2.58. The Morgan fingerprint density at radius 2 is 1.84 bits per heavy atom. The zero-order valence-corrected chi connectivity index (χ0v) is 18.4. The van der Waals surface area contributed by atoms with Crippen LogP contribution in [-0.4, -0.2) is 29.6 Å². The Bertz CT molecular complexity index is 939. The van der Waals surface area contributed by atoms with Gasteiger partial charge in [0.1, 0.15) is 17.6 Å². The van der Waals surface area contributed by atoms with Gasteiger partial charge in [-0.05, 0) is 92.6 Å². The zero-order valence-electron chi connectivity index (χ0n) is 18.4. The molecule has 6 saturated carbocycles. The fourth-order valence-corrected chi connectivity index (χ4v) is 7.15. The molecule has 0 aromatic heterocycles. The number of carbonyl (C=O) groups excluding carboxylic acids is 1. The van der Waals surface area contributed by atoms with Crippen molar-refractivity contribution >= 4 is 11.9 Å². The lowest BCUT2D eigenvalue weighted by atomic mass is 9.76. The Kier molecular flexibility index (Phi) is 4.78. The normalized spacial score (nSPS) is 33.3. The van der Waals surface area contributed by atoms with Gasteiger partial charge >= 0.3 is 5.97 Å². The second-order valence-corrected chi connectivity index (χ2v) is 11.4. The van der Waals surface area contributed by atoms with Crippen LogP contribution in [0.4, 0.5) is 4.39 Å². The summed E-state index contributed by atoms with van der Waals surface area (Å²) < 4.78 is 21.4. The number of halogens is 1. The number of aliphatic carboxylic acids is 1. The Balaban J connectivity index is 1.20. The molecule has 2 unspecified atom stereocenters. The van der Waals surface area contributed by atoms with E-state index in [0.29, 0.717) is 30.6 Å². The van der Waals surface area contributed by atoms with Crippen LogP contribution in [-0.2, 0) is 4.79 Å². The number of carboxylic acids is 1. The zero-order chi connectivity index (χ0) is 22.0. The molecule has 0 spiro atoms. The van der Waals surface area contributed by atoms with Gasteiger partial charge in [-0.3, -0.25) is 4.79 Å². The lowest BCUT2D eigenvalue weighted by Crippen LogP contribution is -2.41. The first-order valence-electron chi connectivity index (χ1n) is 12.4. The molecule has 2 N–H and O–H groups in total. The molecule has 0 heterocycles. The van der Waals surface area contributed by atoms with E-state index in [9.17, 15) is 14.7 Å². The van der Waals surface area contributed by atoms with Crippen molar-refractivity contribution < 1.29 is 23.8 Å². The third-order valence-corrected chi connectivity index (χ3v) is 8.90. The van der Waals surface area contributed by atoms with Crippen molar-refractivity contribution in [2.45, 2.75) is 76.2 Å². The molecule has 6 heteroatoms. The first-order chi connectivity index (χ1) is 15.4. The van der Waals surface area contributed by atoms with Crippen molar-refractivity contribution in [1.82, 2.24) is 5.32 Å². The van der Waals surface area contributed by atoms with Crippen LogP contribution in [0, 0.1) is 34.9 Å². The van der Waals surface area contributed by atoms with E-state index in [0.717, 1.165) is 49.0 Å². The fraction of sp³-hybridized carbons (Fsp3) is 0.692. The van der Waals surface area contributed by atoms with Crippen molar-refractivity contribution in [2.24, 2.45) is 29.1 Å². The molecule has 1 aromatic rings. The second kappa shape index (κ2) is 7.46. The largest absolute Gasteiger partial charge is 0.493 e. The number of carboxylic acid groups (broad SMARTS) is 1. The first-order valence-corrected chi connectivity index (χ1v) is 12.4. The van der Waals surface area contributed by atoms with Gasteiger partial charge < -0.3 is 15.2 Å². The van der Waals surface area contributed by atoms with Crippen LogP contribution in [0.3, 0.4) is 0 Å². The molecular weight excluding hydrogens is 409 g/mol. The summed E-state index contributed by atoms with van der Waals surface area (Å²) in [5.74, 6) is 1.33. The van der Waals surface area contributed by atoms with Crippen LogP contribution in [0.5, 0.6) is 5.75 Å². The molecule has 32 heavy (non-hydrogen) atoms. The number of nitrogens with one attached hydrogen (secondary N) is 1. The number of hydrogen-bond donors (Lipinski definition) is 2. The number of hydrogen-bond acceptors (Lipinski definition) is 3. The highest BCUT2D eigenvalue weighted by atomic mass is 19.1. The number of rotatable bonds is 9. The molecular formula is C26H32FNO4. The highest BCUT2D eigenvalue weighted by Crippen LogP contribution is 2.65.